The molecule has 0 spiro atoms. The minimum atomic E-state index is 0.671. The molecule has 0 atom stereocenters. The van der Waals surface area contributed by atoms with Crippen LogP contribution in [0.15, 0.2) is 24.3 Å². The highest BCUT2D eigenvalue weighted by Gasteiger charge is 1.86. The van der Waals surface area contributed by atoms with Gasteiger partial charge in [0.1, 0.15) is 7.85 Å². The van der Waals surface area contributed by atoms with E-state index in [4.69, 9.17) is 0 Å². The third-order valence-electron chi connectivity index (χ3n) is 1.28. The minimum Gasteiger partial charge on any atom is -0.329 e. The van der Waals surface area contributed by atoms with Crippen molar-refractivity contribution in [2.75, 3.05) is 5.32 Å². The monoisotopic (exact) mass is 133 g/mol. The molecule has 0 aromatic heterocycles. The van der Waals surface area contributed by atoms with Crippen molar-refractivity contribution in [1.82, 2.24) is 0 Å². The zero-order valence-corrected chi connectivity index (χ0v) is 5.79. The second-order valence-corrected chi connectivity index (χ2v) is 2.13. The fourth-order valence-electron chi connectivity index (χ4n) is 0.718. The molecular weight excluding hydrogens is 125 g/mol. The molecule has 2 nitrogen and oxygen atoms in total. The Balaban J connectivity index is 2.78. The van der Waals surface area contributed by atoms with Gasteiger partial charge in [0.15, 0.2) is 0 Å². The number of hydrogen-bond acceptors (Lipinski definition) is 1. The third kappa shape index (κ3) is 1.62. The fourth-order valence-corrected chi connectivity index (χ4v) is 0.718. The van der Waals surface area contributed by atoms with Gasteiger partial charge in [0, 0.05) is 5.69 Å². The van der Waals surface area contributed by atoms with Crippen LogP contribution in [0.5, 0.6) is 0 Å². The summed E-state index contributed by atoms with van der Waals surface area (Å²) < 4.78 is 0. The average molecular weight is 133 g/mol. The van der Waals surface area contributed by atoms with Gasteiger partial charge in [0.05, 0.1) is 0 Å². The Morgan fingerprint density at radius 1 is 1.30 bits per heavy atom. The number of amides is 1. The molecule has 0 fully saturated rings. The van der Waals surface area contributed by atoms with Gasteiger partial charge < -0.3 is 5.32 Å². The SMILES string of the molecule is Bc1ccc(NC=O)cc1. The average Bonchev–Trinajstić information content (AvgIpc) is 1.95. The van der Waals surface area contributed by atoms with E-state index in [-0.39, 0.29) is 0 Å². The van der Waals surface area contributed by atoms with Crippen molar-refractivity contribution < 1.29 is 4.79 Å². The summed E-state index contributed by atoms with van der Waals surface area (Å²) in [7, 11) is 2.00. The molecule has 1 rings (SSSR count). The van der Waals surface area contributed by atoms with Crippen LogP contribution in [-0.2, 0) is 4.79 Å². The summed E-state index contributed by atoms with van der Waals surface area (Å²) in [5.41, 5.74) is 2.03. The third-order valence-corrected chi connectivity index (χ3v) is 1.28. The van der Waals surface area contributed by atoms with E-state index in [0.717, 1.165) is 5.69 Å². The maximum atomic E-state index is 9.95. The Hall–Kier alpha value is -1.25. The van der Waals surface area contributed by atoms with E-state index in [1.807, 2.05) is 32.1 Å². The zero-order chi connectivity index (χ0) is 7.40. The van der Waals surface area contributed by atoms with E-state index in [1.54, 1.807) is 0 Å². The van der Waals surface area contributed by atoms with Crippen LogP contribution < -0.4 is 10.8 Å². The Bertz CT molecular complexity index is 220. The van der Waals surface area contributed by atoms with Crippen molar-refractivity contribution in [3.8, 4) is 0 Å². The van der Waals surface area contributed by atoms with Gasteiger partial charge in [-0.25, -0.2) is 0 Å². The molecule has 1 aromatic rings. The molecule has 0 aliphatic heterocycles. The summed E-state index contributed by atoms with van der Waals surface area (Å²) in [6, 6.07) is 7.63. The minimum absolute atomic E-state index is 0.671. The Labute approximate surface area is 60.7 Å². The van der Waals surface area contributed by atoms with Crippen LogP contribution in [0.3, 0.4) is 0 Å². The highest BCUT2D eigenvalue weighted by atomic mass is 16.1. The molecule has 1 N–H and O–H groups in total. The predicted octanol–water partition coefficient (Wildman–Crippen LogP) is -0.487. The lowest BCUT2D eigenvalue weighted by Crippen LogP contribution is -2.01. The summed E-state index contributed by atoms with van der Waals surface area (Å²) in [5, 5.41) is 2.55. The van der Waals surface area contributed by atoms with E-state index in [9.17, 15) is 4.79 Å². The molecule has 0 heterocycles. The lowest BCUT2D eigenvalue weighted by atomic mass is 9.96. The maximum Gasteiger partial charge on any atom is 0.211 e. The number of nitrogens with one attached hydrogen (secondary N) is 1. The number of carbonyl (C=O) groups is 1. The van der Waals surface area contributed by atoms with Crippen molar-refractivity contribution in [2.45, 2.75) is 0 Å². The summed E-state index contributed by atoms with van der Waals surface area (Å²) >= 11 is 0. The molecule has 3 heteroatoms. The van der Waals surface area contributed by atoms with E-state index < -0.39 is 0 Å². The van der Waals surface area contributed by atoms with Crippen LogP contribution in [0.1, 0.15) is 0 Å². The van der Waals surface area contributed by atoms with Crippen LogP contribution in [-0.4, -0.2) is 14.3 Å². The zero-order valence-electron chi connectivity index (χ0n) is 5.79. The van der Waals surface area contributed by atoms with Gasteiger partial charge in [-0.1, -0.05) is 17.6 Å². The Morgan fingerprint density at radius 3 is 2.40 bits per heavy atom. The Kier molecular flexibility index (Phi) is 2.10. The van der Waals surface area contributed by atoms with E-state index in [0.29, 0.717) is 6.41 Å². The van der Waals surface area contributed by atoms with Crippen LogP contribution in [0.25, 0.3) is 0 Å². The van der Waals surface area contributed by atoms with Crippen molar-refractivity contribution in [1.29, 1.82) is 0 Å². The molecule has 0 radical (unpaired) electrons. The van der Waals surface area contributed by atoms with Crippen molar-refractivity contribution in [3.63, 3.8) is 0 Å². The first kappa shape index (κ1) is 6.87. The summed E-state index contributed by atoms with van der Waals surface area (Å²) in [4.78, 5) is 9.95. The van der Waals surface area contributed by atoms with E-state index in [1.165, 1.54) is 5.46 Å². The first-order chi connectivity index (χ1) is 4.83. The molecule has 0 saturated heterocycles. The van der Waals surface area contributed by atoms with Crippen molar-refractivity contribution in [3.05, 3.63) is 24.3 Å². The van der Waals surface area contributed by atoms with Crippen LogP contribution in [0.4, 0.5) is 5.69 Å². The normalized spacial score (nSPS) is 8.80. The molecule has 0 aliphatic rings. The molecule has 10 heavy (non-hydrogen) atoms. The molecular formula is C7H8BNO. The van der Waals surface area contributed by atoms with Crippen molar-refractivity contribution >= 4 is 25.4 Å². The molecule has 0 unspecified atom stereocenters. The van der Waals surface area contributed by atoms with Gasteiger partial charge in [-0.05, 0) is 12.1 Å². The fraction of sp³-hybridized carbons (Fsp3) is 0. The highest BCUT2D eigenvalue weighted by molar-refractivity contribution is 6.32. The Morgan fingerprint density at radius 2 is 1.90 bits per heavy atom. The van der Waals surface area contributed by atoms with E-state index >= 15 is 0 Å². The quantitative estimate of drug-likeness (QED) is 0.428. The van der Waals surface area contributed by atoms with Gasteiger partial charge in [0.25, 0.3) is 0 Å². The summed E-state index contributed by atoms with van der Waals surface area (Å²) in [6.07, 6.45) is 0.671. The van der Waals surface area contributed by atoms with Gasteiger partial charge >= 0.3 is 0 Å². The van der Waals surface area contributed by atoms with Crippen LogP contribution >= 0.6 is 0 Å². The lowest BCUT2D eigenvalue weighted by molar-refractivity contribution is -0.105. The van der Waals surface area contributed by atoms with Crippen LogP contribution in [0, 0.1) is 0 Å². The first-order valence-corrected chi connectivity index (χ1v) is 3.10. The lowest BCUT2D eigenvalue weighted by Gasteiger charge is -1.96. The number of anilines is 1. The molecule has 0 aliphatic carbocycles. The number of benzene rings is 1. The van der Waals surface area contributed by atoms with Gasteiger partial charge in [-0.2, -0.15) is 0 Å². The summed E-state index contributed by atoms with van der Waals surface area (Å²) in [5.74, 6) is 0. The molecule has 1 aromatic carbocycles. The number of carbonyl (C=O) groups excluding carboxylic acids is 1. The molecule has 1 amide bonds. The second kappa shape index (κ2) is 3.06. The number of hydrogen-bond donors (Lipinski definition) is 1. The molecule has 0 saturated carbocycles. The van der Waals surface area contributed by atoms with Gasteiger partial charge in [-0.15, -0.1) is 0 Å². The first-order valence-electron chi connectivity index (χ1n) is 3.10. The smallest absolute Gasteiger partial charge is 0.211 e. The predicted molar refractivity (Wildman–Crippen MR) is 44.3 cm³/mol. The number of rotatable bonds is 2. The topological polar surface area (TPSA) is 29.1 Å². The van der Waals surface area contributed by atoms with Crippen molar-refractivity contribution in [2.24, 2.45) is 0 Å². The molecule has 0 bridgehead atoms. The van der Waals surface area contributed by atoms with E-state index in [2.05, 4.69) is 5.32 Å². The summed E-state index contributed by atoms with van der Waals surface area (Å²) in [6.45, 7) is 0. The molecule has 50 valence electrons. The second-order valence-electron chi connectivity index (χ2n) is 2.13. The van der Waals surface area contributed by atoms with Gasteiger partial charge in [0.2, 0.25) is 6.41 Å². The maximum absolute atomic E-state index is 9.95. The highest BCUT2D eigenvalue weighted by Crippen LogP contribution is 2.00. The van der Waals surface area contributed by atoms with Crippen LogP contribution in [0.2, 0.25) is 0 Å². The standard InChI is InChI=1S/C7H8BNO/c8-6-1-3-7(4-2-6)9-5-10/h1-5H,8H2,(H,9,10). The van der Waals surface area contributed by atoms with Gasteiger partial charge in [-0.3, -0.25) is 4.79 Å². The largest absolute Gasteiger partial charge is 0.329 e.